The highest BCUT2D eigenvalue weighted by molar-refractivity contribution is 5.95. The van der Waals surface area contributed by atoms with Crippen molar-refractivity contribution in [1.29, 1.82) is 0 Å². The molecule has 1 saturated heterocycles. The first-order chi connectivity index (χ1) is 8.08. The lowest BCUT2D eigenvalue weighted by atomic mass is 10.1. The van der Waals surface area contributed by atoms with Crippen LogP contribution >= 0.6 is 0 Å². The minimum atomic E-state index is 0.0654. The zero-order chi connectivity index (χ0) is 12.4. The lowest BCUT2D eigenvalue weighted by Gasteiger charge is -2.32. The van der Waals surface area contributed by atoms with Crippen molar-refractivity contribution in [2.75, 3.05) is 33.2 Å². The van der Waals surface area contributed by atoms with Gasteiger partial charge in [0.2, 0.25) is 0 Å². The van der Waals surface area contributed by atoms with Gasteiger partial charge >= 0.3 is 0 Å². The van der Waals surface area contributed by atoms with E-state index in [1.807, 2.05) is 11.8 Å². The molecule has 1 fully saturated rings. The summed E-state index contributed by atoms with van der Waals surface area (Å²) in [5.41, 5.74) is 1.52. The molecule has 0 saturated carbocycles. The number of hydrogen-bond donors (Lipinski definition) is 1. The van der Waals surface area contributed by atoms with Gasteiger partial charge in [-0.2, -0.15) is 0 Å². The molecule has 1 aliphatic rings. The predicted molar refractivity (Wildman–Crippen MR) is 66.2 cm³/mol. The zero-order valence-corrected chi connectivity index (χ0v) is 10.3. The number of benzene rings is 1. The van der Waals surface area contributed by atoms with Crippen molar-refractivity contribution >= 4 is 5.91 Å². The third kappa shape index (κ3) is 2.58. The van der Waals surface area contributed by atoms with Crippen molar-refractivity contribution in [1.82, 2.24) is 9.80 Å². The summed E-state index contributed by atoms with van der Waals surface area (Å²) in [4.78, 5) is 16.4. The monoisotopic (exact) mass is 234 g/mol. The number of carbonyl (C=O) groups excluding carboxylic acids is 1. The molecule has 0 unspecified atom stereocenters. The SMILES string of the molecule is Cc1cc(O)ccc1C(=O)N1CCN(C)CC1. The molecule has 0 radical (unpaired) electrons. The van der Waals surface area contributed by atoms with E-state index in [-0.39, 0.29) is 11.7 Å². The second-order valence-electron chi connectivity index (χ2n) is 4.59. The van der Waals surface area contributed by atoms with Crippen LogP contribution in [0.15, 0.2) is 18.2 Å². The van der Waals surface area contributed by atoms with Crippen LogP contribution in [0.1, 0.15) is 15.9 Å². The van der Waals surface area contributed by atoms with Crippen molar-refractivity contribution in [2.45, 2.75) is 6.92 Å². The Hall–Kier alpha value is -1.55. The van der Waals surface area contributed by atoms with Gasteiger partial charge in [-0.3, -0.25) is 4.79 Å². The Kier molecular flexibility index (Phi) is 3.33. The summed E-state index contributed by atoms with van der Waals surface area (Å²) in [5.74, 6) is 0.271. The molecular weight excluding hydrogens is 216 g/mol. The highest BCUT2D eigenvalue weighted by atomic mass is 16.3. The van der Waals surface area contributed by atoms with E-state index in [2.05, 4.69) is 11.9 Å². The summed E-state index contributed by atoms with van der Waals surface area (Å²) >= 11 is 0. The number of carbonyl (C=O) groups is 1. The van der Waals surface area contributed by atoms with Crippen LogP contribution in [0.3, 0.4) is 0 Å². The molecule has 2 rings (SSSR count). The van der Waals surface area contributed by atoms with Crippen LogP contribution in [-0.4, -0.2) is 54.0 Å². The number of phenols is 1. The normalized spacial score (nSPS) is 17.2. The van der Waals surface area contributed by atoms with Crippen molar-refractivity contribution < 1.29 is 9.90 Å². The van der Waals surface area contributed by atoms with Gasteiger partial charge in [-0.25, -0.2) is 0 Å². The van der Waals surface area contributed by atoms with Gasteiger partial charge in [0.15, 0.2) is 0 Å². The summed E-state index contributed by atoms with van der Waals surface area (Å²) in [5, 5.41) is 9.33. The maximum absolute atomic E-state index is 12.3. The van der Waals surface area contributed by atoms with Crippen molar-refractivity contribution in [2.24, 2.45) is 0 Å². The topological polar surface area (TPSA) is 43.8 Å². The van der Waals surface area contributed by atoms with Gasteiger partial charge < -0.3 is 14.9 Å². The fourth-order valence-corrected chi connectivity index (χ4v) is 2.07. The highest BCUT2D eigenvalue weighted by Crippen LogP contribution is 2.18. The van der Waals surface area contributed by atoms with E-state index in [0.717, 1.165) is 31.7 Å². The quantitative estimate of drug-likeness (QED) is 0.791. The van der Waals surface area contributed by atoms with E-state index in [0.29, 0.717) is 5.56 Å². The number of nitrogens with zero attached hydrogens (tertiary/aromatic N) is 2. The van der Waals surface area contributed by atoms with Gasteiger partial charge in [0.1, 0.15) is 5.75 Å². The molecule has 17 heavy (non-hydrogen) atoms. The Bertz CT molecular complexity index is 423. The smallest absolute Gasteiger partial charge is 0.254 e. The van der Waals surface area contributed by atoms with Gasteiger partial charge in [-0.05, 0) is 37.7 Å². The summed E-state index contributed by atoms with van der Waals surface area (Å²) in [6.45, 7) is 5.24. The van der Waals surface area contributed by atoms with Crippen molar-refractivity contribution in [3.63, 3.8) is 0 Å². The van der Waals surface area contributed by atoms with Crippen LogP contribution in [0.5, 0.6) is 5.75 Å². The molecule has 1 aromatic carbocycles. The highest BCUT2D eigenvalue weighted by Gasteiger charge is 2.21. The summed E-state index contributed by atoms with van der Waals surface area (Å²) in [7, 11) is 2.06. The fraction of sp³-hybridized carbons (Fsp3) is 0.462. The van der Waals surface area contributed by atoms with Crippen LogP contribution in [0, 0.1) is 6.92 Å². The maximum Gasteiger partial charge on any atom is 0.254 e. The van der Waals surface area contributed by atoms with Gasteiger partial charge in [0.05, 0.1) is 0 Å². The molecule has 0 bridgehead atoms. The number of amides is 1. The van der Waals surface area contributed by atoms with Crippen molar-refractivity contribution in [3.8, 4) is 5.75 Å². The van der Waals surface area contributed by atoms with Gasteiger partial charge in [0.25, 0.3) is 5.91 Å². The molecule has 0 aliphatic carbocycles. The lowest BCUT2D eigenvalue weighted by molar-refractivity contribution is 0.0663. The van der Waals surface area contributed by atoms with E-state index < -0.39 is 0 Å². The average molecular weight is 234 g/mol. The molecule has 1 aromatic rings. The van der Waals surface area contributed by atoms with Crippen LogP contribution in [-0.2, 0) is 0 Å². The molecule has 1 amide bonds. The van der Waals surface area contributed by atoms with E-state index in [1.165, 1.54) is 0 Å². The van der Waals surface area contributed by atoms with Crippen LogP contribution in [0.4, 0.5) is 0 Å². The predicted octanol–water partition coefficient (Wildman–Crippen LogP) is 1.09. The van der Waals surface area contributed by atoms with E-state index in [1.54, 1.807) is 18.2 Å². The molecule has 4 heteroatoms. The largest absolute Gasteiger partial charge is 0.508 e. The second kappa shape index (κ2) is 4.75. The molecule has 1 aliphatic heterocycles. The third-order valence-electron chi connectivity index (χ3n) is 3.23. The Morgan fingerprint density at radius 3 is 2.47 bits per heavy atom. The number of piperazine rings is 1. The molecule has 4 nitrogen and oxygen atoms in total. The minimum absolute atomic E-state index is 0.0654. The van der Waals surface area contributed by atoms with Crippen LogP contribution < -0.4 is 0 Å². The molecule has 92 valence electrons. The molecule has 1 N–H and O–H groups in total. The third-order valence-corrected chi connectivity index (χ3v) is 3.23. The van der Waals surface area contributed by atoms with E-state index in [9.17, 15) is 9.90 Å². The summed E-state index contributed by atoms with van der Waals surface area (Å²) in [6.07, 6.45) is 0. The Balaban J connectivity index is 2.14. The number of rotatable bonds is 1. The first-order valence-corrected chi connectivity index (χ1v) is 5.85. The van der Waals surface area contributed by atoms with Crippen molar-refractivity contribution in [3.05, 3.63) is 29.3 Å². The van der Waals surface area contributed by atoms with Gasteiger partial charge in [0, 0.05) is 31.7 Å². The average Bonchev–Trinajstić information content (AvgIpc) is 2.29. The first-order valence-electron chi connectivity index (χ1n) is 5.85. The molecule has 0 spiro atoms. The summed E-state index contributed by atoms with van der Waals surface area (Å²) in [6, 6.07) is 4.89. The second-order valence-corrected chi connectivity index (χ2v) is 4.59. The Labute approximate surface area is 101 Å². The number of likely N-dealkylation sites (N-methyl/N-ethyl adjacent to an activating group) is 1. The number of aromatic hydroxyl groups is 1. The van der Waals surface area contributed by atoms with Gasteiger partial charge in [-0.1, -0.05) is 0 Å². The minimum Gasteiger partial charge on any atom is -0.508 e. The zero-order valence-electron chi connectivity index (χ0n) is 10.3. The number of aryl methyl sites for hydroxylation is 1. The van der Waals surface area contributed by atoms with Crippen LogP contribution in [0.25, 0.3) is 0 Å². The maximum atomic E-state index is 12.3. The Morgan fingerprint density at radius 1 is 1.24 bits per heavy atom. The number of phenolic OH excluding ortho intramolecular Hbond substituents is 1. The fourth-order valence-electron chi connectivity index (χ4n) is 2.07. The Morgan fingerprint density at radius 2 is 1.88 bits per heavy atom. The molecule has 1 heterocycles. The van der Waals surface area contributed by atoms with E-state index >= 15 is 0 Å². The first kappa shape index (κ1) is 11.9. The van der Waals surface area contributed by atoms with Crippen LogP contribution in [0.2, 0.25) is 0 Å². The molecular formula is C13H18N2O2. The van der Waals surface area contributed by atoms with Gasteiger partial charge in [-0.15, -0.1) is 0 Å². The summed E-state index contributed by atoms with van der Waals surface area (Å²) < 4.78 is 0. The molecule has 0 atom stereocenters. The van der Waals surface area contributed by atoms with E-state index in [4.69, 9.17) is 0 Å². The standard InChI is InChI=1S/C13H18N2O2/c1-10-9-11(16)3-4-12(10)13(17)15-7-5-14(2)6-8-15/h3-4,9,16H,5-8H2,1-2H3. The number of hydrogen-bond acceptors (Lipinski definition) is 3. The lowest BCUT2D eigenvalue weighted by Crippen LogP contribution is -2.47. The molecule has 0 aromatic heterocycles.